The third kappa shape index (κ3) is 1.85. The van der Waals surface area contributed by atoms with Crippen molar-refractivity contribution in [1.82, 2.24) is 4.98 Å². The van der Waals surface area contributed by atoms with E-state index in [2.05, 4.69) is 4.98 Å². The maximum atomic E-state index is 11.5. The molecule has 3 N–H and O–H groups in total. The van der Waals surface area contributed by atoms with Crippen molar-refractivity contribution in [2.75, 3.05) is 0 Å². The summed E-state index contributed by atoms with van der Waals surface area (Å²) in [7, 11) is 0. The molecule has 4 heteroatoms. The molecule has 2 heterocycles. The maximum Gasteiger partial charge on any atom is 0.252 e. The van der Waals surface area contributed by atoms with Gasteiger partial charge in [-0.25, -0.2) is 0 Å². The Bertz CT molecular complexity index is 525. The van der Waals surface area contributed by atoms with Crippen LogP contribution in [0.2, 0.25) is 0 Å². The highest BCUT2D eigenvalue weighted by Crippen LogP contribution is 2.18. The molecule has 0 fully saturated rings. The molecule has 2 rings (SSSR count). The molecular formula is C11H12N2O2. The Labute approximate surface area is 86.7 Å². The van der Waals surface area contributed by atoms with E-state index in [1.165, 1.54) is 0 Å². The average Bonchev–Trinajstić information content (AvgIpc) is 2.65. The molecule has 0 saturated heterocycles. The number of nitrogens with two attached hydrogens (primary N) is 1. The number of H-pyrrole nitrogens is 1. The van der Waals surface area contributed by atoms with Crippen LogP contribution in [0.4, 0.5) is 0 Å². The third-order valence-electron chi connectivity index (χ3n) is 2.22. The number of pyridine rings is 1. The lowest BCUT2D eigenvalue weighted by atomic mass is 10.2. The normalized spacial score (nSPS) is 10.5. The van der Waals surface area contributed by atoms with Crippen LogP contribution < -0.4 is 11.3 Å². The fourth-order valence-electron chi connectivity index (χ4n) is 1.39. The number of rotatable bonds is 2. The number of hydrogen-bond acceptors (Lipinski definition) is 3. The van der Waals surface area contributed by atoms with E-state index >= 15 is 0 Å². The molecule has 0 bridgehead atoms. The molecule has 15 heavy (non-hydrogen) atoms. The first-order chi connectivity index (χ1) is 7.20. The van der Waals surface area contributed by atoms with Crippen molar-refractivity contribution in [2.45, 2.75) is 13.5 Å². The van der Waals surface area contributed by atoms with Crippen LogP contribution in [-0.2, 0) is 6.54 Å². The predicted octanol–water partition coefficient (Wildman–Crippen LogP) is 1.40. The molecule has 4 nitrogen and oxygen atoms in total. The smallest absolute Gasteiger partial charge is 0.252 e. The monoisotopic (exact) mass is 204 g/mol. The summed E-state index contributed by atoms with van der Waals surface area (Å²) in [6, 6.07) is 7.18. The van der Waals surface area contributed by atoms with E-state index in [-0.39, 0.29) is 12.1 Å². The van der Waals surface area contributed by atoms with Crippen LogP contribution in [0.3, 0.4) is 0 Å². The molecule has 0 aromatic carbocycles. The van der Waals surface area contributed by atoms with Gasteiger partial charge in [-0.15, -0.1) is 0 Å². The zero-order chi connectivity index (χ0) is 10.8. The minimum Gasteiger partial charge on any atom is -0.460 e. The molecule has 0 aliphatic rings. The fourth-order valence-corrected chi connectivity index (χ4v) is 1.39. The first-order valence-corrected chi connectivity index (χ1v) is 4.70. The van der Waals surface area contributed by atoms with E-state index in [0.29, 0.717) is 17.0 Å². The van der Waals surface area contributed by atoms with Gasteiger partial charge in [0, 0.05) is 12.1 Å². The summed E-state index contributed by atoms with van der Waals surface area (Å²) in [5.74, 6) is 1.47. The second kappa shape index (κ2) is 3.74. The van der Waals surface area contributed by atoms with Gasteiger partial charge in [0.2, 0.25) is 0 Å². The minimum atomic E-state index is -0.163. The second-order valence-electron chi connectivity index (χ2n) is 3.34. The van der Waals surface area contributed by atoms with Crippen LogP contribution in [0, 0.1) is 6.92 Å². The number of aromatic amines is 1. The van der Waals surface area contributed by atoms with E-state index in [1.807, 2.05) is 19.1 Å². The van der Waals surface area contributed by atoms with E-state index in [1.54, 1.807) is 12.1 Å². The van der Waals surface area contributed by atoms with Crippen molar-refractivity contribution < 1.29 is 4.42 Å². The van der Waals surface area contributed by atoms with Crippen LogP contribution in [0.1, 0.15) is 11.3 Å². The van der Waals surface area contributed by atoms with Gasteiger partial charge < -0.3 is 15.1 Å². The van der Waals surface area contributed by atoms with Gasteiger partial charge in [-0.1, -0.05) is 6.07 Å². The quantitative estimate of drug-likeness (QED) is 0.776. The van der Waals surface area contributed by atoms with Crippen molar-refractivity contribution in [3.8, 4) is 11.5 Å². The highest BCUT2D eigenvalue weighted by atomic mass is 16.3. The lowest BCUT2D eigenvalue weighted by molar-refractivity contribution is 0.546. The molecule has 0 aliphatic heterocycles. The number of aryl methyl sites for hydroxylation is 1. The minimum absolute atomic E-state index is 0.163. The summed E-state index contributed by atoms with van der Waals surface area (Å²) in [5.41, 5.74) is 6.48. The van der Waals surface area contributed by atoms with Crippen molar-refractivity contribution >= 4 is 0 Å². The number of aromatic nitrogens is 1. The second-order valence-corrected chi connectivity index (χ2v) is 3.34. The Morgan fingerprint density at radius 2 is 2.13 bits per heavy atom. The number of furan rings is 1. The molecule has 0 unspecified atom stereocenters. The van der Waals surface area contributed by atoms with Crippen LogP contribution in [0.25, 0.3) is 11.5 Å². The molecule has 2 aromatic heterocycles. The summed E-state index contributed by atoms with van der Waals surface area (Å²) in [6.07, 6.45) is 0. The maximum absolute atomic E-state index is 11.5. The lowest BCUT2D eigenvalue weighted by Gasteiger charge is -1.99. The molecular weight excluding hydrogens is 192 g/mol. The highest BCUT2D eigenvalue weighted by molar-refractivity contribution is 5.52. The van der Waals surface area contributed by atoms with Crippen LogP contribution in [0.15, 0.2) is 33.5 Å². The predicted molar refractivity (Wildman–Crippen MR) is 57.4 cm³/mol. The van der Waals surface area contributed by atoms with Crippen molar-refractivity contribution in [3.63, 3.8) is 0 Å². The molecule has 0 atom stereocenters. The van der Waals surface area contributed by atoms with E-state index in [9.17, 15) is 4.79 Å². The van der Waals surface area contributed by atoms with Gasteiger partial charge in [-0.05, 0) is 25.1 Å². The largest absolute Gasteiger partial charge is 0.460 e. The van der Waals surface area contributed by atoms with Gasteiger partial charge in [0.1, 0.15) is 5.76 Å². The number of nitrogens with one attached hydrogen (secondary N) is 1. The molecule has 0 amide bonds. The average molecular weight is 204 g/mol. The van der Waals surface area contributed by atoms with E-state index < -0.39 is 0 Å². The van der Waals surface area contributed by atoms with Crippen molar-refractivity contribution in [1.29, 1.82) is 0 Å². The third-order valence-corrected chi connectivity index (χ3v) is 2.22. The Hall–Kier alpha value is -1.81. The first kappa shape index (κ1) is 9.73. The van der Waals surface area contributed by atoms with Gasteiger partial charge in [-0.3, -0.25) is 4.79 Å². The first-order valence-electron chi connectivity index (χ1n) is 4.70. The molecule has 0 saturated carbocycles. The summed E-state index contributed by atoms with van der Waals surface area (Å²) >= 11 is 0. The Morgan fingerprint density at radius 1 is 1.33 bits per heavy atom. The summed E-state index contributed by atoms with van der Waals surface area (Å²) in [6.45, 7) is 2.10. The van der Waals surface area contributed by atoms with Gasteiger partial charge in [-0.2, -0.15) is 0 Å². The molecule has 78 valence electrons. The van der Waals surface area contributed by atoms with Crippen LogP contribution in [-0.4, -0.2) is 4.98 Å². The summed E-state index contributed by atoms with van der Waals surface area (Å²) in [4.78, 5) is 14.2. The Morgan fingerprint density at radius 3 is 2.67 bits per heavy atom. The molecule has 0 aliphatic carbocycles. The van der Waals surface area contributed by atoms with E-state index in [0.717, 1.165) is 5.76 Å². The van der Waals surface area contributed by atoms with Gasteiger partial charge in [0.05, 0.1) is 5.69 Å². The topological polar surface area (TPSA) is 72.0 Å². The van der Waals surface area contributed by atoms with Gasteiger partial charge in [0.25, 0.3) is 5.56 Å². The SMILES string of the molecule is Cc1ccc(-c2ccc(CN)c(=O)[nH]2)o1. The molecule has 0 spiro atoms. The van der Waals surface area contributed by atoms with Crippen molar-refractivity contribution in [2.24, 2.45) is 5.73 Å². The van der Waals surface area contributed by atoms with Gasteiger partial charge >= 0.3 is 0 Å². The van der Waals surface area contributed by atoms with Gasteiger partial charge in [0.15, 0.2) is 5.76 Å². The summed E-state index contributed by atoms with van der Waals surface area (Å²) in [5, 5.41) is 0. The summed E-state index contributed by atoms with van der Waals surface area (Å²) < 4.78 is 5.40. The highest BCUT2D eigenvalue weighted by Gasteiger charge is 2.04. The molecule has 2 aromatic rings. The van der Waals surface area contributed by atoms with Crippen molar-refractivity contribution in [3.05, 3.63) is 45.9 Å². The zero-order valence-electron chi connectivity index (χ0n) is 8.41. The molecule has 0 radical (unpaired) electrons. The van der Waals surface area contributed by atoms with E-state index in [4.69, 9.17) is 10.2 Å². The zero-order valence-corrected chi connectivity index (χ0v) is 8.41. The fraction of sp³-hybridized carbons (Fsp3) is 0.182. The standard InChI is InChI=1S/C11H12N2O2/c1-7-2-5-10(15-7)9-4-3-8(6-12)11(14)13-9/h2-5H,6,12H2,1H3,(H,13,14). The Kier molecular flexibility index (Phi) is 2.43. The lowest BCUT2D eigenvalue weighted by Crippen LogP contribution is -2.15. The van der Waals surface area contributed by atoms with Crippen LogP contribution >= 0.6 is 0 Å². The Balaban J connectivity index is 2.47. The van der Waals surface area contributed by atoms with Crippen LogP contribution in [0.5, 0.6) is 0 Å². The number of hydrogen-bond donors (Lipinski definition) is 2.